The first-order valence-electron chi connectivity index (χ1n) is 6.53. The molecule has 0 fully saturated rings. The summed E-state index contributed by atoms with van der Waals surface area (Å²) >= 11 is 0. The van der Waals surface area contributed by atoms with E-state index in [1.807, 2.05) is 0 Å². The molecule has 2 unspecified atom stereocenters. The fourth-order valence-electron chi connectivity index (χ4n) is 1.62. The zero-order valence-corrected chi connectivity index (χ0v) is 11.6. The van der Waals surface area contributed by atoms with Crippen LogP contribution in [0.25, 0.3) is 0 Å². The molecule has 15 heavy (non-hydrogen) atoms. The van der Waals surface area contributed by atoms with Crippen LogP contribution < -0.4 is 0 Å². The summed E-state index contributed by atoms with van der Waals surface area (Å²) in [5.41, 5.74) is 0.270. The molecule has 0 aliphatic carbocycles. The number of rotatable bonds is 7. The normalized spacial score (nSPS) is 16.4. The topological polar surface area (TPSA) is 9.23 Å². The minimum absolute atomic E-state index is 0.270. The van der Waals surface area contributed by atoms with E-state index in [4.69, 9.17) is 4.74 Å². The third-order valence-corrected chi connectivity index (χ3v) is 3.39. The zero-order valence-electron chi connectivity index (χ0n) is 11.6. The highest BCUT2D eigenvalue weighted by Crippen LogP contribution is 2.23. The lowest BCUT2D eigenvalue weighted by Crippen LogP contribution is -2.26. The van der Waals surface area contributed by atoms with Crippen LogP contribution in [-0.4, -0.2) is 12.7 Å². The lowest BCUT2D eigenvalue weighted by Gasteiger charge is -2.28. The van der Waals surface area contributed by atoms with Crippen molar-refractivity contribution in [2.24, 2.45) is 11.3 Å². The first-order chi connectivity index (χ1) is 6.91. The molecule has 0 bridgehead atoms. The van der Waals surface area contributed by atoms with E-state index in [9.17, 15) is 0 Å². The van der Waals surface area contributed by atoms with Gasteiger partial charge in [-0.15, -0.1) is 0 Å². The fourth-order valence-corrected chi connectivity index (χ4v) is 1.62. The van der Waals surface area contributed by atoms with Crippen LogP contribution in [0.4, 0.5) is 0 Å². The van der Waals surface area contributed by atoms with Crippen molar-refractivity contribution < 1.29 is 4.74 Å². The molecule has 0 aliphatic heterocycles. The Morgan fingerprint density at radius 2 is 1.67 bits per heavy atom. The van der Waals surface area contributed by atoms with Crippen molar-refractivity contribution >= 4 is 0 Å². The second kappa shape index (κ2) is 7.27. The van der Waals surface area contributed by atoms with Gasteiger partial charge in [0.05, 0.1) is 6.10 Å². The predicted octanol–water partition coefficient (Wildman–Crippen LogP) is 4.65. The lowest BCUT2D eigenvalue weighted by atomic mass is 9.90. The van der Waals surface area contributed by atoms with Gasteiger partial charge in [0, 0.05) is 6.61 Å². The molecular formula is C14H30O. The van der Waals surface area contributed by atoms with Crippen molar-refractivity contribution in [1.29, 1.82) is 0 Å². The second-order valence-corrected chi connectivity index (χ2v) is 5.73. The van der Waals surface area contributed by atoms with Gasteiger partial charge >= 0.3 is 0 Å². The molecule has 0 heterocycles. The Hall–Kier alpha value is -0.0400. The highest BCUT2D eigenvalue weighted by molar-refractivity contribution is 4.69. The van der Waals surface area contributed by atoms with E-state index in [0.717, 1.165) is 12.5 Å². The number of ether oxygens (including phenoxy) is 1. The maximum absolute atomic E-state index is 5.89. The first-order valence-corrected chi connectivity index (χ1v) is 6.53. The molecule has 0 aliphatic rings. The molecule has 0 N–H and O–H groups in total. The highest BCUT2D eigenvalue weighted by Gasteiger charge is 2.20. The Morgan fingerprint density at radius 1 is 1.07 bits per heavy atom. The molecule has 0 aromatic heterocycles. The molecular weight excluding hydrogens is 184 g/mol. The summed E-state index contributed by atoms with van der Waals surface area (Å²) < 4.78 is 5.89. The third kappa shape index (κ3) is 6.94. The van der Waals surface area contributed by atoms with Gasteiger partial charge in [-0.2, -0.15) is 0 Å². The van der Waals surface area contributed by atoms with Gasteiger partial charge < -0.3 is 4.74 Å². The van der Waals surface area contributed by atoms with E-state index in [2.05, 4.69) is 41.5 Å². The van der Waals surface area contributed by atoms with E-state index in [1.54, 1.807) is 0 Å². The van der Waals surface area contributed by atoms with Gasteiger partial charge in [0.2, 0.25) is 0 Å². The van der Waals surface area contributed by atoms with E-state index in [0.29, 0.717) is 6.10 Å². The van der Waals surface area contributed by atoms with E-state index < -0.39 is 0 Å². The number of hydrogen-bond acceptors (Lipinski definition) is 1. The van der Waals surface area contributed by atoms with Gasteiger partial charge in [0.15, 0.2) is 0 Å². The largest absolute Gasteiger partial charge is 0.378 e. The summed E-state index contributed by atoms with van der Waals surface area (Å²) in [4.78, 5) is 0. The maximum atomic E-state index is 5.89. The van der Waals surface area contributed by atoms with Crippen molar-refractivity contribution in [3.05, 3.63) is 0 Å². The van der Waals surface area contributed by atoms with Crippen LogP contribution in [0.15, 0.2) is 0 Å². The molecule has 0 aromatic rings. The Kier molecular flexibility index (Phi) is 7.25. The SMILES string of the molecule is CCCC(CC)CCOC(C)C(C)(C)C. The summed E-state index contributed by atoms with van der Waals surface area (Å²) in [6.07, 6.45) is 5.53. The molecule has 0 rings (SSSR count). The van der Waals surface area contributed by atoms with Crippen LogP contribution >= 0.6 is 0 Å². The van der Waals surface area contributed by atoms with Gasteiger partial charge in [0.25, 0.3) is 0 Å². The summed E-state index contributed by atoms with van der Waals surface area (Å²) in [5.74, 6) is 0.863. The highest BCUT2D eigenvalue weighted by atomic mass is 16.5. The minimum Gasteiger partial charge on any atom is -0.378 e. The summed E-state index contributed by atoms with van der Waals surface area (Å²) in [5, 5.41) is 0. The van der Waals surface area contributed by atoms with E-state index >= 15 is 0 Å². The van der Waals surface area contributed by atoms with Crippen molar-refractivity contribution in [3.63, 3.8) is 0 Å². The molecule has 0 spiro atoms. The molecule has 0 saturated heterocycles. The zero-order chi connectivity index (χ0) is 11.9. The van der Waals surface area contributed by atoms with Crippen LogP contribution in [0.2, 0.25) is 0 Å². The van der Waals surface area contributed by atoms with Crippen LogP contribution in [0, 0.1) is 11.3 Å². The standard InChI is InChI=1S/C14H30O/c1-7-9-13(8-2)10-11-15-12(3)14(4,5)6/h12-13H,7-11H2,1-6H3. The quantitative estimate of drug-likeness (QED) is 0.599. The summed E-state index contributed by atoms with van der Waals surface area (Å²) in [6, 6.07) is 0. The molecule has 0 aromatic carbocycles. The Morgan fingerprint density at radius 3 is 2.07 bits per heavy atom. The second-order valence-electron chi connectivity index (χ2n) is 5.73. The molecule has 0 amide bonds. The van der Waals surface area contributed by atoms with Gasteiger partial charge in [-0.3, -0.25) is 0 Å². The molecule has 92 valence electrons. The van der Waals surface area contributed by atoms with Crippen molar-refractivity contribution in [3.8, 4) is 0 Å². The number of hydrogen-bond donors (Lipinski definition) is 0. The van der Waals surface area contributed by atoms with Crippen molar-refractivity contribution in [2.45, 2.75) is 73.3 Å². The average molecular weight is 214 g/mol. The van der Waals surface area contributed by atoms with Gasteiger partial charge in [-0.1, -0.05) is 53.9 Å². The molecule has 2 atom stereocenters. The molecule has 1 heteroatoms. The van der Waals surface area contributed by atoms with Crippen LogP contribution in [-0.2, 0) is 4.74 Å². The van der Waals surface area contributed by atoms with E-state index in [1.165, 1.54) is 25.7 Å². The summed E-state index contributed by atoms with van der Waals surface area (Å²) in [7, 11) is 0. The monoisotopic (exact) mass is 214 g/mol. The molecule has 0 saturated carbocycles. The van der Waals surface area contributed by atoms with Crippen LogP contribution in [0.5, 0.6) is 0 Å². The van der Waals surface area contributed by atoms with Gasteiger partial charge in [-0.25, -0.2) is 0 Å². The van der Waals surface area contributed by atoms with E-state index in [-0.39, 0.29) is 5.41 Å². The Labute approximate surface area is 96.6 Å². The van der Waals surface area contributed by atoms with Crippen molar-refractivity contribution in [2.75, 3.05) is 6.61 Å². The Bertz CT molecular complexity index is 146. The smallest absolute Gasteiger partial charge is 0.0595 e. The summed E-state index contributed by atoms with van der Waals surface area (Å²) in [6.45, 7) is 14.4. The lowest BCUT2D eigenvalue weighted by molar-refractivity contribution is -0.0109. The fraction of sp³-hybridized carbons (Fsp3) is 1.00. The van der Waals surface area contributed by atoms with Gasteiger partial charge in [0.1, 0.15) is 0 Å². The minimum atomic E-state index is 0.270. The average Bonchev–Trinajstić information content (AvgIpc) is 2.14. The van der Waals surface area contributed by atoms with Gasteiger partial charge in [-0.05, 0) is 24.7 Å². The van der Waals surface area contributed by atoms with Crippen molar-refractivity contribution in [1.82, 2.24) is 0 Å². The van der Waals surface area contributed by atoms with Crippen LogP contribution in [0.1, 0.15) is 67.2 Å². The predicted molar refractivity (Wildman–Crippen MR) is 68.2 cm³/mol. The maximum Gasteiger partial charge on any atom is 0.0595 e. The van der Waals surface area contributed by atoms with Crippen LogP contribution in [0.3, 0.4) is 0 Å². The molecule has 1 nitrogen and oxygen atoms in total. The molecule has 0 radical (unpaired) electrons. The third-order valence-electron chi connectivity index (χ3n) is 3.39. The first kappa shape index (κ1) is 15.0. The Balaban J connectivity index is 3.68.